The molecule has 1 aliphatic carbocycles. The second kappa shape index (κ2) is 6.10. The Morgan fingerprint density at radius 2 is 1.94 bits per heavy atom. The Kier molecular flexibility index (Phi) is 4.49. The van der Waals surface area contributed by atoms with Gasteiger partial charge >= 0.3 is 0 Å². The fraction of sp³-hybridized carbons (Fsp3) is 0.571. The van der Waals surface area contributed by atoms with E-state index in [1.165, 1.54) is 38.2 Å². The first-order chi connectivity index (χ1) is 8.25. The number of hydrogen-bond acceptors (Lipinski definition) is 1. The van der Waals surface area contributed by atoms with Gasteiger partial charge in [-0.3, -0.25) is 0 Å². The molecule has 1 aromatic carbocycles. The Balaban J connectivity index is 1.87. The summed E-state index contributed by atoms with van der Waals surface area (Å²) in [6.07, 6.45) is 3.97. The van der Waals surface area contributed by atoms with Crippen LogP contribution in [-0.4, -0.2) is 6.04 Å². The lowest BCUT2D eigenvalue weighted by Gasteiger charge is -2.23. The van der Waals surface area contributed by atoms with E-state index in [-0.39, 0.29) is 5.56 Å². The second-order valence-corrected chi connectivity index (χ2v) is 4.76. The molecule has 1 saturated carbocycles. The minimum atomic E-state index is -2.37. The Labute approximate surface area is 101 Å². The third kappa shape index (κ3) is 3.77. The molecule has 0 unspecified atom stereocenters. The Bertz CT molecular complexity index is 346. The van der Waals surface area contributed by atoms with E-state index in [1.54, 1.807) is 12.1 Å². The van der Waals surface area contributed by atoms with E-state index >= 15 is 0 Å². The fourth-order valence-corrected chi connectivity index (χ4v) is 2.41. The van der Waals surface area contributed by atoms with Crippen molar-refractivity contribution < 1.29 is 8.78 Å². The maximum Gasteiger partial charge on any atom is 0.263 e. The Morgan fingerprint density at radius 3 is 2.65 bits per heavy atom. The van der Waals surface area contributed by atoms with Gasteiger partial charge in [-0.25, -0.2) is 8.78 Å². The molecule has 1 nitrogen and oxygen atoms in total. The number of benzene rings is 1. The van der Waals surface area contributed by atoms with Crippen LogP contribution in [0.4, 0.5) is 8.78 Å². The zero-order valence-corrected chi connectivity index (χ0v) is 9.96. The zero-order valence-electron chi connectivity index (χ0n) is 9.96. The summed E-state index contributed by atoms with van der Waals surface area (Å²) < 4.78 is 25.0. The highest BCUT2D eigenvalue weighted by molar-refractivity contribution is 5.24. The molecule has 17 heavy (non-hydrogen) atoms. The van der Waals surface area contributed by atoms with E-state index in [0.717, 1.165) is 5.56 Å². The monoisotopic (exact) mass is 239 g/mol. The summed E-state index contributed by atoms with van der Waals surface area (Å²) in [6, 6.07) is 7.26. The van der Waals surface area contributed by atoms with Gasteiger partial charge in [0.2, 0.25) is 0 Å². The van der Waals surface area contributed by atoms with Crippen LogP contribution in [0.1, 0.15) is 49.7 Å². The van der Waals surface area contributed by atoms with Crippen molar-refractivity contribution in [2.45, 2.75) is 51.1 Å². The number of halogens is 2. The summed E-state index contributed by atoms with van der Waals surface area (Å²) in [4.78, 5) is 0. The van der Waals surface area contributed by atoms with Crippen molar-refractivity contribution >= 4 is 0 Å². The third-order valence-corrected chi connectivity index (χ3v) is 3.40. The van der Waals surface area contributed by atoms with E-state index in [9.17, 15) is 8.78 Å². The molecule has 0 saturated heterocycles. The quantitative estimate of drug-likeness (QED) is 0.836. The minimum Gasteiger partial charge on any atom is -0.310 e. The summed E-state index contributed by atoms with van der Waals surface area (Å²) in [5, 5.41) is 3.46. The number of alkyl halides is 2. The molecule has 0 aliphatic heterocycles. The van der Waals surface area contributed by atoms with Crippen LogP contribution >= 0.6 is 0 Å². The van der Waals surface area contributed by atoms with Crippen molar-refractivity contribution in [3.05, 3.63) is 35.4 Å². The van der Waals surface area contributed by atoms with Crippen LogP contribution in [0, 0.1) is 0 Å². The molecule has 1 aliphatic rings. The molecule has 1 fully saturated rings. The van der Waals surface area contributed by atoms with Crippen molar-refractivity contribution in [1.82, 2.24) is 5.32 Å². The van der Waals surface area contributed by atoms with Crippen LogP contribution in [0.2, 0.25) is 0 Å². The van der Waals surface area contributed by atoms with Gasteiger partial charge in [0.05, 0.1) is 0 Å². The SMILES string of the molecule is FC(F)c1cccc(CNC2CCCCC2)c1. The molecule has 0 spiro atoms. The van der Waals surface area contributed by atoms with Gasteiger partial charge in [0.15, 0.2) is 0 Å². The van der Waals surface area contributed by atoms with Crippen LogP contribution in [0.15, 0.2) is 24.3 Å². The third-order valence-electron chi connectivity index (χ3n) is 3.40. The van der Waals surface area contributed by atoms with E-state index in [0.29, 0.717) is 12.6 Å². The average Bonchev–Trinajstić information content (AvgIpc) is 2.38. The highest BCUT2D eigenvalue weighted by Crippen LogP contribution is 2.20. The molecular weight excluding hydrogens is 220 g/mol. The van der Waals surface area contributed by atoms with Crippen molar-refractivity contribution in [3.8, 4) is 0 Å². The van der Waals surface area contributed by atoms with Gasteiger partial charge in [-0.1, -0.05) is 37.5 Å². The van der Waals surface area contributed by atoms with Crippen molar-refractivity contribution in [3.63, 3.8) is 0 Å². The molecule has 1 N–H and O–H groups in total. The first-order valence-electron chi connectivity index (χ1n) is 6.36. The van der Waals surface area contributed by atoms with Gasteiger partial charge in [0, 0.05) is 18.2 Å². The van der Waals surface area contributed by atoms with Gasteiger partial charge in [0.25, 0.3) is 6.43 Å². The summed E-state index contributed by atoms with van der Waals surface area (Å²) in [5.41, 5.74) is 1.07. The maximum atomic E-state index is 12.5. The minimum absolute atomic E-state index is 0.118. The predicted molar refractivity (Wildman–Crippen MR) is 65.1 cm³/mol. The molecule has 0 atom stereocenters. The number of hydrogen-bond donors (Lipinski definition) is 1. The molecule has 94 valence electrons. The standard InChI is InChI=1S/C14H19F2N/c15-14(16)12-6-4-5-11(9-12)10-17-13-7-2-1-3-8-13/h4-6,9,13-14,17H,1-3,7-8,10H2. The predicted octanol–water partition coefficient (Wildman–Crippen LogP) is 4.05. The Morgan fingerprint density at radius 1 is 1.18 bits per heavy atom. The Hall–Kier alpha value is -0.960. The largest absolute Gasteiger partial charge is 0.310 e. The van der Waals surface area contributed by atoms with E-state index in [4.69, 9.17) is 0 Å². The lowest BCUT2D eigenvalue weighted by Crippen LogP contribution is -2.30. The van der Waals surface area contributed by atoms with Crippen LogP contribution in [0.5, 0.6) is 0 Å². The highest BCUT2D eigenvalue weighted by atomic mass is 19.3. The van der Waals surface area contributed by atoms with Crippen molar-refractivity contribution in [2.75, 3.05) is 0 Å². The normalized spacial score (nSPS) is 17.6. The lowest BCUT2D eigenvalue weighted by atomic mass is 9.95. The van der Waals surface area contributed by atoms with Crippen LogP contribution in [0.25, 0.3) is 0 Å². The van der Waals surface area contributed by atoms with Gasteiger partial charge in [-0.05, 0) is 24.5 Å². The van der Waals surface area contributed by atoms with E-state index < -0.39 is 6.43 Å². The first kappa shape index (κ1) is 12.5. The van der Waals surface area contributed by atoms with E-state index in [1.807, 2.05) is 6.07 Å². The first-order valence-corrected chi connectivity index (χ1v) is 6.36. The molecule has 3 heteroatoms. The lowest BCUT2D eigenvalue weighted by molar-refractivity contribution is 0.151. The highest BCUT2D eigenvalue weighted by Gasteiger charge is 2.13. The number of nitrogens with one attached hydrogen (secondary N) is 1. The summed E-state index contributed by atoms with van der Waals surface area (Å²) in [7, 11) is 0. The maximum absolute atomic E-state index is 12.5. The van der Waals surface area contributed by atoms with E-state index in [2.05, 4.69) is 5.32 Å². The van der Waals surface area contributed by atoms with Gasteiger partial charge in [-0.2, -0.15) is 0 Å². The average molecular weight is 239 g/mol. The molecule has 0 aromatic heterocycles. The summed E-state index contributed by atoms with van der Waals surface area (Å²) in [5.74, 6) is 0. The molecule has 0 radical (unpaired) electrons. The molecule has 1 aromatic rings. The van der Waals surface area contributed by atoms with Gasteiger partial charge in [0.1, 0.15) is 0 Å². The van der Waals surface area contributed by atoms with Crippen LogP contribution in [0.3, 0.4) is 0 Å². The summed E-state index contributed by atoms with van der Waals surface area (Å²) >= 11 is 0. The molecule has 0 heterocycles. The fourth-order valence-electron chi connectivity index (χ4n) is 2.41. The zero-order chi connectivity index (χ0) is 12.1. The summed E-state index contributed by atoms with van der Waals surface area (Å²) in [6.45, 7) is 0.700. The smallest absolute Gasteiger partial charge is 0.263 e. The molecule has 2 rings (SSSR count). The van der Waals surface area contributed by atoms with Crippen molar-refractivity contribution in [1.29, 1.82) is 0 Å². The van der Waals surface area contributed by atoms with Gasteiger partial charge in [-0.15, -0.1) is 0 Å². The van der Waals surface area contributed by atoms with Crippen LogP contribution < -0.4 is 5.32 Å². The van der Waals surface area contributed by atoms with Crippen molar-refractivity contribution in [2.24, 2.45) is 0 Å². The molecular formula is C14H19F2N. The topological polar surface area (TPSA) is 12.0 Å². The van der Waals surface area contributed by atoms with Crippen LogP contribution in [-0.2, 0) is 6.54 Å². The molecule has 0 amide bonds. The molecule has 0 bridgehead atoms. The second-order valence-electron chi connectivity index (χ2n) is 4.76. The van der Waals surface area contributed by atoms with Gasteiger partial charge < -0.3 is 5.32 Å². The number of rotatable bonds is 4.